The Kier molecular flexibility index (Phi) is 3.87. The van der Waals surface area contributed by atoms with Crippen molar-refractivity contribution < 1.29 is 13.9 Å². The molecular weight excluding hydrogens is 312 g/mol. The van der Waals surface area contributed by atoms with Gasteiger partial charge in [0.15, 0.2) is 10.8 Å². The Morgan fingerprint density at radius 3 is 2.87 bits per heavy atom. The Labute approximate surface area is 139 Å². The Balaban J connectivity index is 1.42. The van der Waals surface area contributed by atoms with E-state index in [-0.39, 0.29) is 11.9 Å². The minimum Gasteiger partial charge on any atom is -0.469 e. The van der Waals surface area contributed by atoms with Gasteiger partial charge in [-0.25, -0.2) is 0 Å². The number of hydrogen-bond donors (Lipinski definition) is 1. The minimum atomic E-state index is 0.00245. The number of thiophene rings is 1. The van der Waals surface area contributed by atoms with E-state index in [1.807, 2.05) is 12.1 Å². The van der Waals surface area contributed by atoms with Crippen LogP contribution in [0.1, 0.15) is 29.4 Å². The summed E-state index contributed by atoms with van der Waals surface area (Å²) < 4.78 is 10.6. The first kappa shape index (κ1) is 14.8. The number of ether oxygens (including phenoxy) is 1. The van der Waals surface area contributed by atoms with Gasteiger partial charge in [-0.3, -0.25) is 9.69 Å². The van der Waals surface area contributed by atoms with Gasteiger partial charge in [0, 0.05) is 18.2 Å². The second-order valence-electron chi connectivity index (χ2n) is 6.29. The molecule has 23 heavy (non-hydrogen) atoms. The van der Waals surface area contributed by atoms with Gasteiger partial charge < -0.3 is 14.5 Å². The zero-order valence-electron chi connectivity index (χ0n) is 13.0. The summed E-state index contributed by atoms with van der Waals surface area (Å²) in [6.07, 6.45) is 5.48. The third kappa shape index (κ3) is 2.88. The van der Waals surface area contributed by atoms with Crippen LogP contribution < -0.4 is 10.1 Å². The molecule has 1 amide bonds. The second kappa shape index (κ2) is 6.02. The summed E-state index contributed by atoms with van der Waals surface area (Å²) in [6, 6.07) is 6.07. The molecule has 1 N–H and O–H groups in total. The molecule has 0 aromatic carbocycles. The van der Waals surface area contributed by atoms with Crippen molar-refractivity contribution in [2.24, 2.45) is 5.92 Å². The highest BCUT2D eigenvalue weighted by Gasteiger charge is 2.40. The topological polar surface area (TPSA) is 54.7 Å². The molecule has 3 aliphatic rings. The minimum absolute atomic E-state index is 0.00245. The first-order chi connectivity index (χ1) is 11.2. The molecule has 122 valence electrons. The largest absolute Gasteiger partial charge is 0.469 e. The summed E-state index contributed by atoms with van der Waals surface area (Å²) in [6.45, 7) is 4.55. The third-order valence-corrected chi connectivity index (χ3v) is 5.96. The molecule has 3 aliphatic heterocycles. The molecule has 2 aromatic rings. The van der Waals surface area contributed by atoms with Crippen molar-refractivity contribution in [1.29, 1.82) is 0 Å². The van der Waals surface area contributed by atoms with Crippen LogP contribution in [0.25, 0.3) is 0 Å². The second-order valence-corrected chi connectivity index (χ2v) is 7.34. The van der Waals surface area contributed by atoms with E-state index in [1.165, 1.54) is 43.5 Å². The van der Waals surface area contributed by atoms with Crippen molar-refractivity contribution in [3.63, 3.8) is 0 Å². The summed E-state index contributed by atoms with van der Waals surface area (Å²) in [7, 11) is 0. The van der Waals surface area contributed by atoms with E-state index in [4.69, 9.17) is 9.15 Å². The Morgan fingerprint density at radius 1 is 1.35 bits per heavy atom. The lowest BCUT2D eigenvalue weighted by Gasteiger charge is -2.49. The SMILES string of the molecule is CC1C(NC(=O)c2ccc(Oc3ccoc3)s2)C2CCN1CC2. The standard InChI is InChI=1S/C17H20N2O3S/c1-11-16(12-4-7-19(11)8-5-12)18-17(20)14-2-3-15(23-14)22-13-6-9-21-10-13/h2-3,6,9-12,16H,4-5,7-8H2,1H3,(H,18,20). The van der Waals surface area contributed by atoms with Gasteiger partial charge in [0.05, 0.1) is 11.1 Å². The highest BCUT2D eigenvalue weighted by molar-refractivity contribution is 7.15. The highest BCUT2D eigenvalue weighted by atomic mass is 32.1. The fourth-order valence-electron chi connectivity index (χ4n) is 3.69. The predicted molar refractivity (Wildman–Crippen MR) is 88.1 cm³/mol. The molecule has 5 rings (SSSR count). The summed E-state index contributed by atoms with van der Waals surface area (Å²) in [5, 5.41) is 3.94. The van der Waals surface area contributed by atoms with Gasteiger partial charge in [-0.2, -0.15) is 0 Å². The number of piperidine rings is 3. The van der Waals surface area contributed by atoms with Crippen LogP contribution in [-0.2, 0) is 0 Å². The average molecular weight is 332 g/mol. The lowest BCUT2D eigenvalue weighted by molar-refractivity contribution is 0.0218. The van der Waals surface area contributed by atoms with Gasteiger partial charge in [0.1, 0.15) is 6.26 Å². The molecule has 0 radical (unpaired) electrons. The summed E-state index contributed by atoms with van der Waals surface area (Å²) >= 11 is 1.36. The maximum atomic E-state index is 12.6. The van der Waals surface area contributed by atoms with Crippen LogP contribution in [0.2, 0.25) is 0 Å². The lowest BCUT2D eigenvalue weighted by Crippen LogP contribution is -2.62. The molecule has 3 saturated heterocycles. The monoisotopic (exact) mass is 332 g/mol. The van der Waals surface area contributed by atoms with Gasteiger partial charge in [-0.15, -0.1) is 0 Å². The van der Waals surface area contributed by atoms with E-state index in [1.54, 1.807) is 12.3 Å². The Morgan fingerprint density at radius 2 is 2.17 bits per heavy atom. The molecule has 0 spiro atoms. The third-order valence-electron chi connectivity index (χ3n) is 4.99. The van der Waals surface area contributed by atoms with Gasteiger partial charge >= 0.3 is 0 Å². The maximum absolute atomic E-state index is 12.6. The van der Waals surface area contributed by atoms with Gasteiger partial charge in [0.2, 0.25) is 0 Å². The van der Waals surface area contributed by atoms with Crippen LogP contribution in [0.3, 0.4) is 0 Å². The van der Waals surface area contributed by atoms with E-state index in [0.29, 0.717) is 27.6 Å². The van der Waals surface area contributed by atoms with Crippen molar-refractivity contribution in [3.8, 4) is 10.8 Å². The number of carbonyl (C=O) groups is 1. The number of rotatable bonds is 4. The number of fused-ring (bicyclic) bond motifs is 3. The molecule has 6 heteroatoms. The molecule has 2 bridgehead atoms. The molecular formula is C17H20N2O3S. The van der Waals surface area contributed by atoms with E-state index in [0.717, 1.165) is 0 Å². The first-order valence-corrected chi connectivity index (χ1v) is 8.87. The molecule has 0 saturated carbocycles. The molecule has 5 heterocycles. The maximum Gasteiger partial charge on any atom is 0.261 e. The summed E-state index contributed by atoms with van der Waals surface area (Å²) in [5.41, 5.74) is 0. The van der Waals surface area contributed by atoms with Crippen molar-refractivity contribution >= 4 is 17.2 Å². The fourth-order valence-corrected chi connectivity index (χ4v) is 4.47. The molecule has 0 aliphatic carbocycles. The van der Waals surface area contributed by atoms with Crippen molar-refractivity contribution in [2.45, 2.75) is 31.8 Å². The van der Waals surface area contributed by atoms with Gasteiger partial charge in [-0.05, 0) is 50.9 Å². The predicted octanol–water partition coefficient (Wildman–Crippen LogP) is 3.35. The summed E-state index contributed by atoms with van der Waals surface area (Å²) in [4.78, 5) is 15.7. The highest BCUT2D eigenvalue weighted by Crippen LogP contribution is 2.33. The average Bonchev–Trinajstić information content (AvgIpc) is 3.23. The quantitative estimate of drug-likeness (QED) is 0.933. The smallest absolute Gasteiger partial charge is 0.261 e. The molecule has 5 nitrogen and oxygen atoms in total. The number of furan rings is 1. The zero-order chi connectivity index (χ0) is 15.8. The fraction of sp³-hybridized carbons (Fsp3) is 0.471. The van der Waals surface area contributed by atoms with E-state index < -0.39 is 0 Å². The lowest BCUT2D eigenvalue weighted by atomic mass is 9.79. The van der Waals surface area contributed by atoms with Crippen LogP contribution in [0, 0.1) is 5.92 Å². The molecule has 3 fully saturated rings. The Hall–Kier alpha value is -1.79. The number of carbonyl (C=O) groups excluding carboxylic acids is 1. The van der Waals surface area contributed by atoms with Crippen LogP contribution in [0.4, 0.5) is 0 Å². The van der Waals surface area contributed by atoms with E-state index in [9.17, 15) is 4.79 Å². The summed E-state index contributed by atoms with van der Waals surface area (Å²) in [5.74, 6) is 1.26. The van der Waals surface area contributed by atoms with E-state index >= 15 is 0 Å². The van der Waals surface area contributed by atoms with Crippen LogP contribution in [0.5, 0.6) is 10.8 Å². The molecule has 2 aromatic heterocycles. The van der Waals surface area contributed by atoms with Crippen LogP contribution >= 0.6 is 11.3 Å². The number of nitrogens with one attached hydrogen (secondary N) is 1. The normalized spacial score (nSPS) is 29.4. The number of nitrogens with zero attached hydrogens (tertiary/aromatic N) is 1. The van der Waals surface area contributed by atoms with Crippen LogP contribution in [-0.4, -0.2) is 36.0 Å². The van der Waals surface area contributed by atoms with Gasteiger partial charge in [0.25, 0.3) is 5.91 Å². The molecule has 2 unspecified atom stereocenters. The number of amides is 1. The van der Waals surface area contributed by atoms with Crippen molar-refractivity contribution in [1.82, 2.24) is 10.2 Å². The Bertz CT molecular complexity index is 672. The zero-order valence-corrected chi connectivity index (χ0v) is 13.8. The first-order valence-electron chi connectivity index (χ1n) is 8.05. The van der Waals surface area contributed by atoms with Gasteiger partial charge in [-0.1, -0.05) is 11.3 Å². The van der Waals surface area contributed by atoms with Crippen molar-refractivity contribution in [3.05, 3.63) is 35.6 Å². The van der Waals surface area contributed by atoms with E-state index in [2.05, 4.69) is 17.1 Å². The van der Waals surface area contributed by atoms with Crippen molar-refractivity contribution in [2.75, 3.05) is 13.1 Å². The van der Waals surface area contributed by atoms with Crippen LogP contribution in [0.15, 0.2) is 35.1 Å². The molecule has 2 atom stereocenters. The number of hydrogen-bond acceptors (Lipinski definition) is 5.